The fourth-order valence-corrected chi connectivity index (χ4v) is 5.33. The molecule has 0 saturated carbocycles. The highest BCUT2D eigenvalue weighted by atomic mass is 32.2. The van der Waals surface area contributed by atoms with Crippen LogP contribution < -0.4 is 4.90 Å². The molecule has 5 rings (SSSR count). The minimum atomic E-state index is -0.399. The molecular formula is C26H27N5O3S. The van der Waals surface area contributed by atoms with E-state index in [0.717, 1.165) is 52.8 Å². The number of rotatable bonds is 7. The van der Waals surface area contributed by atoms with E-state index in [9.17, 15) is 4.79 Å². The van der Waals surface area contributed by atoms with Gasteiger partial charge in [-0.2, -0.15) is 0 Å². The van der Waals surface area contributed by atoms with E-state index in [1.54, 1.807) is 0 Å². The zero-order valence-corrected chi connectivity index (χ0v) is 20.6. The molecule has 9 heteroatoms. The Labute approximate surface area is 208 Å². The number of pyridine rings is 1. The third-order valence-electron chi connectivity index (χ3n) is 6.06. The Morgan fingerprint density at radius 2 is 1.80 bits per heavy atom. The maximum absolute atomic E-state index is 13.1. The molecule has 0 bridgehead atoms. The van der Waals surface area contributed by atoms with Crippen LogP contribution in [0.5, 0.6) is 0 Å². The summed E-state index contributed by atoms with van der Waals surface area (Å²) in [6.07, 6.45) is 0. The van der Waals surface area contributed by atoms with Crippen LogP contribution in [-0.2, 0) is 21.8 Å². The van der Waals surface area contributed by atoms with Gasteiger partial charge in [0.1, 0.15) is 0 Å². The lowest BCUT2D eigenvalue weighted by molar-refractivity contribution is 0.0600. The molecule has 0 atom stereocenters. The van der Waals surface area contributed by atoms with Gasteiger partial charge in [-0.15, -0.1) is 10.2 Å². The van der Waals surface area contributed by atoms with Crippen LogP contribution in [0.1, 0.15) is 23.0 Å². The molecule has 1 saturated heterocycles. The number of methoxy groups -OCH3 is 1. The molecule has 2 aromatic carbocycles. The van der Waals surface area contributed by atoms with Crippen LogP contribution in [0.3, 0.4) is 0 Å². The van der Waals surface area contributed by atoms with Gasteiger partial charge in [-0.1, -0.05) is 60.3 Å². The molecular weight excluding hydrogens is 462 g/mol. The van der Waals surface area contributed by atoms with Crippen molar-refractivity contribution in [1.29, 1.82) is 0 Å². The molecule has 0 aliphatic carbocycles. The van der Waals surface area contributed by atoms with Crippen LogP contribution in [-0.4, -0.2) is 59.1 Å². The summed E-state index contributed by atoms with van der Waals surface area (Å²) in [5.41, 5.74) is 3.77. The normalized spacial score (nSPS) is 13.8. The molecule has 2 aromatic heterocycles. The zero-order valence-electron chi connectivity index (χ0n) is 19.8. The van der Waals surface area contributed by atoms with Gasteiger partial charge in [-0.3, -0.25) is 9.55 Å². The zero-order chi connectivity index (χ0) is 24.2. The lowest BCUT2D eigenvalue weighted by Crippen LogP contribution is -2.38. The SMILES string of the molecule is CCn1c(SCc2nc3ccccc3c(-c3ccccc3)c2C(=O)OC)nnc1N1CCOCC1. The molecule has 0 spiro atoms. The van der Waals surface area contributed by atoms with Gasteiger partial charge in [-0.25, -0.2) is 4.79 Å². The van der Waals surface area contributed by atoms with E-state index in [1.807, 2.05) is 54.6 Å². The van der Waals surface area contributed by atoms with Crippen molar-refractivity contribution in [2.24, 2.45) is 0 Å². The predicted octanol–water partition coefficient (Wildman–Crippen LogP) is 4.43. The lowest BCUT2D eigenvalue weighted by Gasteiger charge is -2.27. The predicted molar refractivity (Wildman–Crippen MR) is 137 cm³/mol. The van der Waals surface area contributed by atoms with Gasteiger partial charge in [0.2, 0.25) is 5.95 Å². The number of morpholine rings is 1. The maximum Gasteiger partial charge on any atom is 0.340 e. The fourth-order valence-electron chi connectivity index (χ4n) is 4.39. The number of fused-ring (bicyclic) bond motifs is 1. The van der Waals surface area contributed by atoms with Gasteiger partial charge in [0.15, 0.2) is 5.16 Å². The number of carbonyl (C=O) groups excluding carboxylic acids is 1. The van der Waals surface area contributed by atoms with Gasteiger partial charge >= 0.3 is 5.97 Å². The van der Waals surface area contributed by atoms with Gasteiger partial charge < -0.3 is 14.4 Å². The summed E-state index contributed by atoms with van der Waals surface area (Å²) in [5.74, 6) is 0.905. The van der Waals surface area contributed by atoms with Crippen LogP contribution in [0.25, 0.3) is 22.0 Å². The van der Waals surface area contributed by atoms with Crippen molar-refractivity contribution in [2.75, 3.05) is 38.3 Å². The lowest BCUT2D eigenvalue weighted by atomic mass is 9.94. The number of aromatic nitrogens is 4. The Morgan fingerprint density at radius 1 is 1.06 bits per heavy atom. The monoisotopic (exact) mass is 489 g/mol. The summed E-state index contributed by atoms with van der Waals surface area (Å²) in [6, 6.07) is 17.8. The van der Waals surface area contributed by atoms with Crippen LogP contribution in [0.4, 0.5) is 5.95 Å². The number of hydrogen-bond donors (Lipinski definition) is 0. The third kappa shape index (κ3) is 4.61. The minimum absolute atomic E-state index is 0.399. The van der Waals surface area contributed by atoms with E-state index in [4.69, 9.17) is 14.5 Å². The highest BCUT2D eigenvalue weighted by molar-refractivity contribution is 7.98. The van der Waals surface area contributed by atoms with Crippen molar-refractivity contribution in [3.05, 3.63) is 65.9 Å². The number of nitrogens with zero attached hydrogens (tertiary/aromatic N) is 5. The number of ether oxygens (including phenoxy) is 2. The van der Waals surface area contributed by atoms with Crippen molar-refractivity contribution in [3.63, 3.8) is 0 Å². The summed E-state index contributed by atoms with van der Waals surface area (Å²) >= 11 is 1.53. The first-order valence-electron chi connectivity index (χ1n) is 11.6. The summed E-state index contributed by atoms with van der Waals surface area (Å²) in [7, 11) is 1.41. The van der Waals surface area contributed by atoms with Gasteiger partial charge in [-0.05, 0) is 18.6 Å². The first-order chi connectivity index (χ1) is 17.2. The molecule has 4 aromatic rings. The number of para-hydroxylation sites is 1. The second-order valence-electron chi connectivity index (χ2n) is 8.10. The molecule has 0 N–H and O–H groups in total. The van der Waals surface area contributed by atoms with Crippen molar-refractivity contribution in [2.45, 2.75) is 24.4 Å². The Morgan fingerprint density at radius 3 is 2.54 bits per heavy atom. The first kappa shape index (κ1) is 23.3. The smallest absolute Gasteiger partial charge is 0.340 e. The first-order valence-corrected chi connectivity index (χ1v) is 12.6. The van der Waals surface area contributed by atoms with E-state index in [0.29, 0.717) is 30.2 Å². The quantitative estimate of drug-likeness (QED) is 0.279. The average Bonchev–Trinajstić information content (AvgIpc) is 3.34. The van der Waals surface area contributed by atoms with E-state index < -0.39 is 5.97 Å². The number of thioether (sulfide) groups is 1. The largest absolute Gasteiger partial charge is 0.465 e. The maximum atomic E-state index is 13.1. The van der Waals surface area contributed by atoms with E-state index in [2.05, 4.69) is 26.6 Å². The molecule has 35 heavy (non-hydrogen) atoms. The molecule has 1 aliphatic rings. The van der Waals surface area contributed by atoms with E-state index >= 15 is 0 Å². The highest BCUT2D eigenvalue weighted by Crippen LogP contribution is 2.36. The molecule has 1 fully saturated rings. The van der Waals surface area contributed by atoms with Crippen molar-refractivity contribution in [3.8, 4) is 11.1 Å². The molecule has 3 heterocycles. The van der Waals surface area contributed by atoms with Gasteiger partial charge in [0, 0.05) is 36.3 Å². The summed E-state index contributed by atoms with van der Waals surface area (Å²) in [5, 5.41) is 10.6. The number of benzene rings is 2. The summed E-state index contributed by atoms with van der Waals surface area (Å²) in [4.78, 5) is 20.2. The van der Waals surface area contributed by atoms with E-state index in [1.165, 1.54) is 18.9 Å². The molecule has 180 valence electrons. The van der Waals surface area contributed by atoms with Gasteiger partial charge in [0.05, 0.1) is 37.1 Å². The van der Waals surface area contributed by atoms with Crippen molar-refractivity contribution >= 4 is 34.6 Å². The topological polar surface area (TPSA) is 82.4 Å². The molecule has 0 amide bonds. The number of esters is 1. The minimum Gasteiger partial charge on any atom is -0.465 e. The van der Waals surface area contributed by atoms with Crippen molar-refractivity contribution < 1.29 is 14.3 Å². The Balaban J connectivity index is 1.56. The second kappa shape index (κ2) is 10.5. The standard InChI is InChI=1S/C26H27N5O3S/c1-3-31-25(30-13-15-34-16-14-30)28-29-26(31)35-17-21-23(24(32)33-2)22(18-9-5-4-6-10-18)19-11-7-8-12-20(19)27-21/h4-12H,3,13-17H2,1-2H3. The highest BCUT2D eigenvalue weighted by Gasteiger charge is 2.25. The second-order valence-corrected chi connectivity index (χ2v) is 9.04. The average molecular weight is 490 g/mol. The summed E-state index contributed by atoms with van der Waals surface area (Å²) in [6.45, 7) is 5.78. The Bertz CT molecular complexity index is 1340. The van der Waals surface area contributed by atoms with Crippen LogP contribution in [0.2, 0.25) is 0 Å². The molecule has 0 unspecified atom stereocenters. The molecule has 0 radical (unpaired) electrons. The molecule has 1 aliphatic heterocycles. The van der Waals surface area contributed by atoms with Crippen LogP contribution in [0.15, 0.2) is 59.8 Å². The Kier molecular flexibility index (Phi) is 6.96. The number of hydrogen-bond acceptors (Lipinski definition) is 8. The third-order valence-corrected chi connectivity index (χ3v) is 7.04. The van der Waals surface area contributed by atoms with Crippen molar-refractivity contribution in [1.82, 2.24) is 19.7 Å². The van der Waals surface area contributed by atoms with Crippen LogP contribution >= 0.6 is 11.8 Å². The number of carbonyl (C=O) groups is 1. The molecule has 8 nitrogen and oxygen atoms in total. The number of anilines is 1. The van der Waals surface area contributed by atoms with Crippen LogP contribution in [0, 0.1) is 0 Å². The summed E-state index contributed by atoms with van der Waals surface area (Å²) < 4.78 is 12.8. The van der Waals surface area contributed by atoms with E-state index in [-0.39, 0.29) is 0 Å². The Hall–Kier alpha value is -3.43. The van der Waals surface area contributed by atoms with Gasteiger partial charge in [0.25, 0.3) is 0 Å². The fraction of sp³-hybridized carbons (Fsp3) is 0.308.